The second-order valence-electron chi connectivity index (χ2n) is 9.25. The molecule has 0 saturated heterocycles. The predicted octanol–water partition coefficient (Wildman–Crippen LogP) is 1.70. The van der Waals surface area contributed by atoms with Crippen molar-refractivity contribution in [3.05, 3.63) is 65.8 Å². The first kappa shape index (κ1) is 27.6. The fourth-order valence-electron chi connectivity index (χ4n) is 4.30. The summed E-state index contributed by atoms with van der Waals surface area (Å²) in [4.78, 5) is 68.9. The van der Waals surface area contributed by atoms with Crippen LogP contribution >= 0.6 is 11.6 Å². The molecule has 0 aliphatic heterocycles. The Hall–Kier alpha value is -4.45. The number of hydrogen-bond donors (Lipinski definition) is 3. The van der Waals surface area contributed by atoms with Gasteiger partial charge in [0.15, 0.2) is 5.82 Å². The van der Waals surface area contributed by atoms with Crippen LogP contribution in [0.1, 0.15) is 29.6 Å². The van der Waals surface area contributed by atoms with Gasteiger partial charge in [-0.1, -0.05) is 11.6 Å². The standard InChI is InChI=1S/C26H27ClN8O4/c1-35(2)26(39)16-3-5-19(32-24(37)25(38)34-21-6-4-18(27)14-29-21)20(11-16)33-23(36)17-12-30-22(31-13-17)15-7-9-28-10-8-15/h4,6-10,12-14,16,19-20H,3,5,11H2,1-2H3,(H,32,37)(H,33,36)(H,29,34,38)/t16-,19-,20+/m0/s1. The molecule has 13 heteroatoms. The summed E-state index contributed by atoms with van der Waals surface area (Å²) in [5.74, 6) is -2.09. The van der Waals surface area contributed by atoms with Gasteiger partial charge in [-0.3, -0.25) is 24.2 Å². The Balaban J connectivity index is 1.45. The largest absolute Gasteiger partial charge is 0.349 e. The van der Waals surface area contributed by atoms with Gasteiger partial charge in [0.1, 0.15) is 5.82 Å². The van der Waals surface area contributed by atoms with Crippen molar-refractivity contribution in [3.63, 3.8) is 0 Å². The fourth-order valence-corrected chi connectivity index (χ4v) is 4.41. The van der Waals surface area contributed by atoms with Gasteiger partial charge in [0.25, 0.3) is 5.91 Å². The maximum Gasteiger partial charge on any atom is 0.314 e. The van der Waals surface area contributed by atoms with Crippen LogP contribution in [0.25, 0.3) is 11.4 Å². The quantitative estimate of drug-likeness (QED) is 0.391. The first-order valence-electron chi connectivity index (χ1n) is 12.2. The third-order valence-electron chi connectivity index (χ3n) is 6.30. The van der Waals surface area contributed by atoms with Gasteiger partial charge in [-0.2, -0.15) is 0 Å². The van der Waals surface area contributed by atoms with Crippen LogP contribution < -0.4 is 16.0 Å². The number of anilines is 1. The van der Waals surface area contributed by atoms with E-state index < -0.39 is 29.8 Å². The lowest BCUT2D eigenvalue weighted by Crippen LogP contribution is -2.57. The number of carbonyl (C=O) groups is 4. The zero-order chi connectivity index (χ0) is 27.9. The van der Waals surface area contributed by atoms with Gasteiger partial charge in [0, 0.05) is 62.6 Å². The summed E-state index contributed by atoms with van der Waals surface area (Å²) in [6, 6.07) is 5.30. The molecule has 3 aromatic heterocycles. The molecule has 3 atom stereocenters. The van der Waals surface area contributed by atoms with Crippen molar-refractivity contribution in [1.29, 1.82) is 0 Å². The van der Waals surface area contributed by atoms with Crippen LogP contribution in [0.15, 0.2) is 55.2 Å². The van der Waals surface area contributed by atoms with Crippen molar-refractivity contribution in [2.24, 2.45) is 5.92 Å². The van der Waals surface area contributed by atoms with Crippen molar-refractivity contribution in [3.8, 4) is 11.4 Å². The van der Waals surface area contributed by atoms with E-state index in [-0.39, 0.29) is 29.6 Å². The van der Waals surface area contributed by atoms with E-state index >= 15 is 0 Å². The summed E-state index contributed by atoms with van der Waals surface area (Å²) in [6.45, 7) is 0. The number of aromatic nitrogens is 4. The minimum atomic E-state index is -0.915. The first-order chi connectivity index (χ1) is 18.7. The molecule has 4 amide bonds. The summed E-state index contributed by atoms with van der Waals surface area (Å²) in [7, 11) is 3.33. The van der Waals surface area contributed by atoms with Crippen molar-refractivity contribution < 1.29 is 19.2 Å². The number of pyridine rings is 2. The molecule has 0 spiro atoms. The van der Waals surface area contributed by atoms with E-state index in [0.717, 1.165) is 5.56 Å². The number of hydrogen-bond acceptors (Lipinski definition) is 8. The summed E-state index contributed by atoms with van der Waals surface area (Å²) >= 11 is 5.80. The van der Waals surface area contributed by atoms with Crippen LogP contribution in [0, 0.1) is 5.92 Å². The van der Waals surface area contributed by atoms with E-state index in [1.54, 1.807) is 38.6 Å². The number of halogens is 1. The van der Waals surface area contributed by atoms with Gasteiger partial charge in [0.2, 0.25) is 5.91 Å². The predicted molar refractivity (Wildman–Crippen MR) is 142 cm³/mol. The smallest absolute Gasteiger partial charge is 0.314 e. The molecule has 1 saturated carbocycles. The Morgan fingerprint density at radius 1 is 0.872 bits per heavy atom. The van der Waals surface area contributed by atoms with Crippen molar-refractivity contribution in [1.82, 2.24) is 35.5 Å². The van der Waals surface area contributed by atoms with Gasteiger partial charge >= 0.3 is 11.8 Å². The highest BCUT2D eigenvalue weighted by atomic mass is 35.5. The van der Waals surface area contributed by atoms with Crippen LogP contribution in [0.2, 0.25) is 5.02 Å². The summed E-state index contributed by atoms with van der Waals surface area (Å²) in [5, 5.41) is 8.39. The Morgan fingerprint density at radius 3 is 2.23 bits per heavy atom. The minimum Gasteiger partial charge on any atom is -0.349 e. The van der Waals surface area contributed by atoms with Gasteiger partial charge < -0.3 is 20.9 Å². The van der Waals surface area contributed by atoms with E-state index in [9.17, 15) is 19.2 Å². The average Bonchev–Trinajstić information content (AvgIpc) is 2.95. The van der Waals surface area contributed by atoms with Crippen LogP contribution in [0.5, 0.6) is 0 Å². The molecule has 202 valence electrons. The highest BCUT2D eigenvalue weighted by molar-refractivity contribution is 6.39. The molecular formula is C26H27ClN8O4. The highest BCUT2D eigenvalue weighted by Gasteiger charge is 2.37. The fraction of sp³-hybridized carbons (Fsp3) is 0.308. The second-order valence-corrected chi connectivity index (χ2v) is 9.69. The van der Waals surface area contributed by atoms with E-state index in [1.165, 1.54) is 35.6 Å². The zero-order valence-electron chi connectivity index (χ0n) is 21.3. The van der Waals surface area contributed by atoms with E-state index in [2.05, 4.69) is 35.9 Å². The lowest BCUT2D eigenvalue weighted by Gasteiger charge is -2.37. The highest BCUT2D eigenvalue weighted by Crippen LogP contribution is 2.27. The Labute approximate surface area is 229 Å². The molecule has 0 bridgehead atoms. The maximum atomic E-state index is 13.1. The van der Waals surface area contributed by atoms with Gasteiger partial charge in [-0.05, 0) is 43.5 Å². The molecule has 4 rings (SSSR count). The lowest BCUT2D eigenvalue weighted by molar-refractivity contribution is -0.137. The van der Waals surface area contributed by atoms with Crippen LogP contribution in [-0.4, -0.2) is 74.6 Å². The van der Waals surface area contributed by atoms with E-state index in [4.69, 9.17) is 11.6 Å². The second kappa shape index (κ2) is 12.4. The summed E-state index contributed by atoms with van der Waals surface area (Å²) in [5.41, 5.74) is 0.967. The van der Waals surface area contributed by atoms with Crippen LogP contribution in [0.4, 0.5) is 5.82 Å². The molecule has 0 unspecified atom stereocenters. The Morgan fingerprint density at radius 2 is 1.59 bits per heavy atom. The van der Waals surface area contributed by atoms with Crippen molar-refractivity contribution in [2.75, 3.05) is 19.4 Å². The van der Waals surface area contributed by atoms with Gasteiger partial charge in [-0.25, -0.2) is 15.0 Å². The van der Waals surface area contributed by atoms with E-state index in [1.807, 2.05) is 0 Å². The number of nitrogens with zero attached hydrogens (tertiary/aromatic N) is 5. The molecule has 0 radical (unpaired) electrons. The zero-order valence-corrected chi connectivity index (χ0v) is 22.1. The third kappa shape index (κ3) is 7.11. The third-order valence-corrected chi connectivity index (χ3v) is 6.52. The van der Waals surface area contributed by atoms with Crippen molar-refractivity contribution >= 4 is 41.0 Å². The molecular weight excluding hydrogens is 524 g/mol. The SMILES string of the molecule is CN(C)C(=O)[C@H]1CC[C@H](NC(=O)C(=O)Nc2ccc(Cl)cn2)[C@H](NC(=O)c2cnc(-c3ccncc3)nc2)C1. The monoisotopic (exact) mass is 550 g/mol. The van der Waals surface area contributed by atoms with Crippen LogP contribution in [-0.2, 0) is 14.4 Å². The molecule has 0 aromatic carbocycles. The topological polar surface area (TPSA) is 159 Å². The minimum absolute atomic E-state index is 0.0735. The molecule has 39 heavy (non-hydrogen) atoms. The molecule has 3 N–H and O–H groups in total. The number of amides is 4. The molecule has 1 aliphatic rings. The molecule has 1 fully saturated rings. The van der Waals surface area contributed by atoms with Gasteiger partial charge in [0.05, 0.1) is 16.6 Å². The average molecular weight is 551 g/mol. The molecule has 12 nitrogen and oxygen atoms in total. The lowest BCUT2D eigenvalue weighted by atomic mass is 9.81. The Kier molecular flexibility index (Phi) is 8.77. The van der Waals surface area contributed by atoms with Gasteiger partial charge in [-0.15, -0.1) is 0 Å². The molecule has 1 aliphatic carbocycles. The van der Waals surface area contributed by atoms with Crippen molar-refractivity contribution in [2.45, 2.75) is 31.3 Å². The number of rotatable bonds is 6. The van der Waals surface area contributed by atoms with E-state index in [0.29, 0.717) is 23.7 Å². The summed E-state index contributed by atoms with van der Waals surface area (Å²) < 4.78 is 0. The van der Waals surface area contributed by atoms with Crippen LogP contribution in [0.3, 0.4) is 0 Å². The normalized spacial score (nSPS) is 18.5. The summed E-state index contributed by atoms with van der Waals surface area (Å²) in [6.07, 6.45) is 8.54. The Bertz CT molecular complexity index is 1340. The maximum absolute atomic E-state index is 13.1. The molecule has 3 aromatic rings. The number of carbonyl (C=O) groups excluding carboxylic acids is 4. The molecule has 3 heterocycles. The first-order valence-corrected chi connectivity index (χ1v) is 12.6. The number of nitrogens with one attached hydrogen (secondary N) is 3.